The molecule has 0 atom stereocenters. The fraction of sp³-hybridized carbons (Fsp3) is 0. The summed E-state index contributed by atoms with van der Waals surface area (Å²) in [7, 11) is 0. The Morgan fingerprint density at radius 3 is 2.44 bits per heavy atom. The Balaban J connectivity index is 2.34. The van der Waals surface area contributed by atoms with Crippen LogP contribution in [-0.2, 0) is 0 Å². The molecule has 0 aliphatic carbocycles. The van der Waals surface area contributed by atoms with Crippen LogP contribution in [0.5, 0.6) is 11.5 Å². The molecule has 0 saturated carbocycles. The van der Waals surface area contributed by atoms with Crippen molar-refractivity contribution in [3.05, 3.63) is 58.3 Å². The lowest BCUT2D eigenvalue weighted by molar-refractivity contribution is 0.479. The Bertz CT molecular complexity index is 586. The average Bonchev–Trinajstić information content (AvgIpc) is 2.34. The van der Waals surface area contributed by atoms with Crippen LogP contribution < -0.4 is 10.5 Å². The smallest absolute Gasteiger partial charge is 0.137 e. The second kappa shape index (κ2) is 5.46. The van der Waals surface area contributed by atoms with Crippen molar-refractivity contribution in [1.29, 1.82) is 0 Å². The molecule has 0 heterocycles. The summed E-state index contributed by atoms with van der Waals surface area (Å²) in [5.74, 6) is 0.751. The van der Waals surface area contributed by atoms with Gasteiger partial charge in [0.25, 0.3) is 0 Å². The van der Waals surface area contributed by atoms with E-state index in [9.17, 15) is 4.39 Å². The summed E-state index contributed by atoms with van der Waals surface area (Å²) in [6.07, 6.45) is 0. The SMILES string of the molecule is NC(=S)c1cc(Br)ccc1Oc1ccc(F)cc1. The molecule has 92 valence electrons. The van der Waals surface area contributed by atoms with E-state index in [0.717, 1.165) is 4.47 Å². The summed E-state index contributed by atoms with van der Waals surface area (Å²) in [5.41, 5.74) is 6.26. The van der Waals surface area contributed by atoms with E-state index in [1.165, 1.54) is 12.1 Å². The lowest BCUT2D eigenvalue weighted by atomic mass is 10.2. The third kappa shape index (κ3) is 3.05. The monoisotopic (exact) mass is 325 g/mol. The van der Waals surface area contributed by atoms with Crippen LogP contribution in [0, 0.1) is 5.82 Å². The molecule has 2 nitrogen and oxygen atoms in total. The molecule has 0 bridgehead atoms. The highest BCUT2D eigenvalue weighted by Crippen LogP contribution is 2.28. The molecule has 0 saturated heterocycles. The van der Waals surface area contributed by atoms with E-state index in [0.29, 0.717) is 17.1 Å². The van der Waals surface area contributed by atoms with Crippen LogP contribution in [0.4, 0.5) is 4.39 Å². The van der Waals surface area contributed by atoms with E-state index in [4.69, 9.17) is 22.7 Å². The zero-order chi connectivity index (χ0) is 13.1. The van der Waals surface area contributed by atoms with Gasteiger partial charge in [-0.15, -0.1) is 0 Å². The summed E-state index contributed by atoms with van der Waals surface area (Å²) in [5, 5.41) is 0. The molecule has 0 amide bonds. The van der Waals surface area contributed by atoms with Crippen molar-refractivity contribution in [3.8, 4) is 11.5 Å². The second-order valence-corrected chi connectivity index (χ2v) is 4.92. The second-order valence-electron chi connectivity index (χ2n) is 3.56. The van der Waals surface area contributed by atoms with Crippen molar-refractivity contribution in [2.75, 3.05) is 0 Å². The highest BCUT2D eigenvalue weighted by Gasteiger charge is 2.08. The van der Waals surface area contributed by atoms with Gasteiger partial charge in [-0.2, -0.15) is 0 Å². The molecule has 2 aromatic carbocycles. The van der Waals surface area contributed by atoms with Crippen LogP contribution in [-0.4, -0.2) is 4.99 Å². The molecule has 2 N–H and O–H groups in total. The number of halogens is 2. The van der Waals surface area contributed by atoms with Crippen molar-refractivity contribution in [1.82, 2.24) is 0 Å². The van der Waals surface area contributed by atoms with Gasteiger partial charge in [0.1, 0.15) is 22.3 Å². The fourth-order valence-electron chi connectivity index (χ4n) is 1.41. The van der Waals surface area contributed by atoms with Crippen molar-refractivity contribution in [2.24, 2.45) is 5.73 Å². The van der Waals surface area contributed by atoms with Crippen LogP contribution >= 0.6 is 28.1 Å². The third-order valence-electron chi connectivity index (χ3n) is 2.25. The molecule has 0 aromatic heterocycles. The minimum Gasteiger partial charge on any atom is -0.457 e. The third-order valence-corrected chi connectivity index (χ3v) is 2.96. The molecular weight excluding hydrogens is 317 g/mol. The van der Waals surface area contributed by atoms with Crippen molar-refractivity contribution < 1.29 is 9.13 Å². The van der Waals surface area contributed by atoms with Crippen molar-refractivity contribution >= 4 is 33.1 Å². The van der Waals surface area contributed by atoms with Gasteiger partial charge in [0.15, 0.2) is 0 Å². The van der Waals surface area contributed by atoms with Crippen molar-refractivity contribution in [2.45, 2.75) is 0 Å². The first-order valence-corrected chi connectivity index (χ1v) is 6.29. The van der Waals surface area contributed by atoms with E-state index < -0.39 is 0 Å². The van der Waals surface area contributed by atoms with Gasteiger partial charge in [-0.25, -0.2) is 4.39 Å². The fourth-order valence-corrected chi connectivity index (χ4v) is 1.93. The molecule has 0 unspecified atom stereocenters. The lowest BCUT2D eigenvalue weighted by Gasteiger charge is -2.10. The van der Waals surface area contributed by atoms with Gasteiger partial charge in [-0.05, 0) is 42.5 Å². The highest BCUT2D eigenvalue weighted by atomic mass is 79.9. The van der Waals surface area contributed by atoms with E-state index in [1.807, 2.05) is 6.07 Å². The quantitative estimate of drug-likeness (QED) is 0.866. The normalized spacial score (nSPS) is 10.1. The zero-order valence-electron chi connectivity index (χ0n) is 9.19. The average molecular weight is 326 g/mol. The summed E-state index contributed by atoms with van der Waals surface area (Å²) in [4.78, 5) is 0.244. The van der Waals surface area contributed by atoms with E-state index in [-0.39, 0.29) is 10.8 Å². The molecule has 0 aliphatic rings. The summed E-state index contributed by atoms with van der Waals surface area (Å²) in [6.45, 7) is 0. The molecule has 0 spiro atoms. The van der Waals surface area contributed by atoms with E-state index in [2.05, 4.69) is 15.9 Å². The Hall–Kier alpha value is -1.46. The molecule has 18 heavy (non-hydrogen) atoms. The predicted octanol–water partition coefficient (Wildman–Crippen LogP) is 4.01. The maximum atomic E-state index is 12.8. The van der Waals surface area contributed by atoms with Gasteiger partial charge in [-0.3, -0.25) is 0 Å². The topological polar surface area (TPSA) is 35.2 Å². The molecule has 0 radical (unpaired) electrons. The van der Waals surface area contributed by atoms with Crippen LogP contribution in [0.1, 0.15) is 5.56 Å². The number of rotatable bonds is 3. The van der Waals surface area contributed by atoms with Crippen LogP contribution in [0.15, 0.2) is 46.9 Å². The minimum atomic E-state index is -0.312. The predicted molar refractivity (Wildman–Crippen MR) is 76.5 cm³/mol. The van der Waals surface area contributed by atoms with Gasteiger partial charge >= 0.3 is 0 Å². The number of nitrogens with two attached hydrogens (primary N) is 1. The zero-order valence-corrected chi connectivity index (χ0v) is 11.6. The van der Waals surface area contributed by atoms with Crippen LogP contribution in [0.3, 0.4) is 0 Å². The number of ether oxygens (including phenoxy) is 1. The van der Waals surface area contributed by atoms with Gasteiger partial charge in [0.05, 0.1) is 5.56 Å². The molecular formula is C13H9BrFNOS. The molecule has 0 aliphatic heterocycles. The first-order valence-electron chi connectivity index (χ1n) is 5.09. The maximum absolute atomic E-state index is 12.8. The van der Waals surface area contributed by atoms with Crippen molar-refractivity contribution in [3.63, 3.8) is 0 Å². The number of benzene rings is 2. The standard InChI is InChI=1S/C13H9BrFNOS/c14-8-1-6-12(11(7-8)13(16)18)17-10-4-2-9(15)3-5-10/h1-7H,(H2,16,18). The summed E-state index contributed by atoms with van der Waals surface area (Å²) in [6, 6.07) is 11.1. The summed E-state index contributed by atoms with van der Waals surface area (Å²) >= 11 is 8.30. The van der Waals surface area contributed by atoms with Crippen LogP contribution in [0.2, 0.25) is 0 Å². The highest BCUT2D eigenvalue weighted by molar-refractivity contribution is 9.10. The van der Waals surface area contributed by atoms with Crippen LogP contribution in [0.25, 0.3) is 0 Å². The Kier molecular flexibility index (Phi) is 3.93. The Morgan fingerprint density at radius 1 is 1.17 bits per heavy atom. The largest absolute Gasteiger partial charge is 0.457 e. The molecule has 5 heteroatoms. The Morgan fingerprint density at radius 2 is 1.83 bits per heavy atom. The van der Waals surface area contributed by atoms with E-state index >= 15 is 0 Å². The Labute approximate surface area is 118 Å². The molecule has 0 fully saturated rings. The first-order chi connectivity index (χ1) is 8.56. The first kappa shape index (κ1) is 13.0. The molecule has 2 rings (SSSR count). The van der Waals surface area contributed by atoms with Gasteiger partial charge in [-0.1, -0.05) is 28.1 Å². The number of hydrogen-bond donors (Lipinski definition) is 1. The van der Waals surface area contributed by atoms with Gasteiger partial charge in [0, 0.05) is 4.47 Å². The number of thiocarbonyl (C=S) groups is 1. The summed E-state index contributed by atoms with van der Waals surface area (Å²) < 4.78 is 19.3. The molecule has 2 aromatic rings. The maximum Gasteiger partial charge on any atom is 0.137 e. The lowest BCUT2D eigenvalue weighted by Crippen LogP contribution is -2.10. The van der Waals surface area contributed by atoms with E-state index in [1.54, 1.807) is 24.3 Å². The minimum absolute atomic E-state index is 0.244. The van der Waals surface area contributed by atoms with Gasteiger partial charge in [0.2, 0.25) is 0 Å². The number of hydrogen-bond acceptors (Lipinski definition) is 2. The van der Waals surface area contributed by atoms with Gasteiger partial charge < -0.3 is 10.5 Å².